The highest BCUT2D eigenvalue weighted by molar-refractivity contribution is 9.10. The molecule has 0 aromatic heterocycles. The largest absolute Gasteiger partial charge is 0.396 e. The lowest BCUT2D eigenvalue weighted by Crippen LogP contribution is -2.26. The smallest absolute Gasteiger partial charge is 0.224 e. The van der Waals surface area contributed by atoms with Gasteiger partial charge in [-0.05, 0) is 30.5 Å². The number of amides is 1. The molecular weight excluding hydrogens is 270 g/mol. The van der Waals surface area contributed by atoms with Gasteiger partial charge in [0.05, 0.1) is 6.42 Å². The van der Waals surface area contributed by atoms with Crippen molar-refractivity contribution in [2.45, 2.75) is 19.3 Å². The van der Waals surface area contributed by atoms with E-state index >= 15 is 0 Å². The molecule has 0 aliphatic rings. The summed E-state index contributed by atoms with van der Waals surface area (Å²) in [5.74, 6) is 0.0280. The first-order valence-corrected chi connectivity index (χ1v) is 6.13. The van der Waals surface area contributed by atoms with Crippen molar-refractivity contribution in [3.63, 3.8) is 0 Å². The summed E-state index contributed by atoms with van der Waals surface area (Å²) in [5.41, 5.74) is 1.00. The summed E-state index contributed by atoms with van der Waals surface area (Å²) in [4.78, 5) is 11.5. The molecular formula is C12H16BrNO2. The highest BCUT2D eigenvalue weighted by Crippen LogP contribution is 2.10. The number of halogens is 1. The van der Waals surface area contributed by atoms with Crippen LogP contribution in [0.15, 0.2) is 28.7 Å². The predicted octanol–water partition coefficient (Wildman–Crippen LogP) is 1.88. The fourth-order valence-corrected chi connectivity index (χ4v) is 1.58. The maximum atomic E-state index is 11.5. The summed E-state index contributed by atoms with van der Waals surface area (Å²) >= 11 is 3.35. The van der Waals surface area contributed by atoms with Gasteiger partial charge in [-0.2, -0.15) is 0 Å². The molecule has 1 rings (SSSR count). The molecule has 16 heavy (non-hydrogen) atoms. The molecule has 1 aromatic rings. The van der Waals surface area contributed by atoms with Gasteiger partial charge in [0.15, 0.2) is 0 Å². The molecule has 1 amide bonds. The van der Waals surface area contributed by atoms with E-state index in [1.165, 1.54) is 0 Å². The maximum absolute atomic E-state index is 11.5. The standard InChI is InChI=1S/C12H16BrNO2/c13-11-5-3-10(4-6-11)9-12(16)14-7-1-2-8-15/h3-6,15H,1-2,7-9H2,(H,14,16). The molecule has 4 heteroatoms. The van der Waals surface area contributed by atoms with Crippen LogP contribution in [0, 0.1) is 0 Å². The third-order valence-electron chi connectivity index (χ3n) is 2.18. The number of aliphatic hydroxyl groups excluding tert-OH is 1. The SMILES string of the molecule is O=C(Cc1ccc(Br)cc1)NCCCCO. The first kappa shape index (κ1) is 13.2. The molecule has 1 aromatic carbocycles. The Kier molecular flexibility index (Phi) is 6.11. The van der Waals surface area contributed by atoms with E-state index in [-0.39, 0.29) is 12.5 Å². The summed E-state index contributed by atoms with van der Waals surface area (Å²) in [6, 6.07) is 7.71. The number of nitrogens with one attached hydrogen (secondary N) is 1. The number of benzene rings is 1. The molecule has 0 atom stereocenters. The summed E-state index contributed by atoms with van der Waals surface area (Å²) in [6.45, 7) is 0.818. The number of aliphatic hydroxyl groups is 1. The zero-order chi connectivity index (χ0) is 11.8. The van der Waals surface area contributed by atoms with Crippen LogP contribution in [0.2, 0.25) is 0 Å². The number of hydrogen-bond donors (Lipinski definition) is 2. The Morgan fingerprint density at radius 2 is 1.94 bits per heavy atom. The molecule has 0 bridgehead atoms. The average Bonchev–Trinajstić information content (AvgIpc) is 2.28. The Bertz CT molecular complexity index is 324. The summed E-state index contributed by atoms with van der Waals surface area (Å²) in [7, 11) is 0. The van der Waals surface area contributed by atoms with E-state index in [1.54, 1.807) is 0 Å². The van der Waals surface area contributed by atoms with Crippen LogP contribution in [-0.2, 0) is 11.2 Å². The van der Waals surface area contributed by atoms with Crippen molar-refractivity contribution in [2.24, 2.45) is 0 Å². The highest BCUT2D eigenvalue weighted by atomic mass is 79.9. The van der Waals surface area contributed by atoms with E-state index in [9.17, 15) is 4.79 Å². The Labute approximate surface area is 104 Å². The molecule has 88 valence electrons. The maximum Gasteiger partial charge on any atom is 0.224 e. The van der Waals surface area contributed by atoms with Gasteiger partial charge in [-0.3, -0.25) is 4.79 Å². The molecule has 0 aliphatic heterocycles. The minimum absolute atomic E-state index is 0.0280. The minimum atomic E-state index is 0.0280. The monoisotopic (exact) mass is 285 g/mol. The van der Waals surface area contributed by atoms with Gasteiger partial charge in [-0.25, -0.2) is 0 Å². The molecule has 0 fully saturated rings. The van der Waals surface area contributed by atoms with Gasteiger partial charge in [-0.1, -0.05) is 28.1 Å². The van der Waals surface area contributed by atoms with E-state index < -0.39 is 0 Å². The molecule has 0 radical (unpaired) electrons. The average molecular weight is 286 g/mol. The van der Waals surface area contributed by atoms with Gasteiger partial charge in [0.25, 0.3) is 0 Å². The fraction of sp³-hybridized carbons (Fsp3) is 0.417. The van der Waals surface area contributed by atoms with Crippen LogP contribution in [0.1, 0.15) is 18.4 Å². The lowest BCUT2D eigenvalue weighted by molar-refractivity contribution is -0.120. The minimum Gasteiger partial charge on any atom is -0.396 e. The normalized spacial score (nSPS) is 10.1. The lowest BCUT2D eigenvalue weighted by Gasteiger charge is -2.04. The van der Waals surface area contributed by atoms with E-state index in [0.29, 0.717) is 13.0 Å². The van der Waals surface area contributed by atoms with Crippen LogP contribution in [0.5, 0.6) is 0 Å². The molecule has 2 N–H and O–H groups in total. The molecule has 0 spiro atoms. The second-order valence-corrected chi connectivity index (χ2v) is 4.50. The quantitative estimate of drug-likeness (QED) is 0.784. The molecule has 0 saturated heterocycles. The second-order valence-electron chi connectivity index (χ2n) is 3.58. The van der Waals surface area contributed by atoms with Crippen molar-refractivity contribution in [3.8, 4) is 0 Å². The van der Waals surface area contributed by atoms with Gasteiger partial charge < -0.3 is 10.4 Å². The van der Waals surface area contributed by atoms with E-state index in [0.717, 1.165) is 22.9 Å². The van der Waals surface area contributed by atoms with E-state index in [2.05, 4.69) is 21.2 Å². The van der Waals surface area contributed by atoms with Crippen LogP contribution in [0.4, 0.5) is 0 Å². The first-order chi connectivity index (χ1) is 7.72. The van der Waals surface area contributed by atoms with Crippen LogP contribution in [0.3, 0.4) is 0 Å². The van der Waals surface area contributed by atoms with Crippen molar-refractivity contribution in [2.75, 3.05) is 13.2 Å². The zero-order valence-electron chi connectivity index (χ0n) is 9.08. The van der Waals surface area contributed by atoms with Crippen LogP contribution < -0.4 is 5.32 Å². The van der Waals surface area contributed by atoms with Crippen LogP contribution >= 0.6 is 15.9 Å². The van der Waals surface area contributed by atoms with Gasteiger partial charge in [0.1, 0.15) is 0 Å². The highest BCUT2D eigenvalue weighted by Gasteiger charge is 2.02. The Balaban J connectivity index is 2.26. The fourth-order valence-electron chi connectivity index (χ4n) is 1.31. The van der Waals surface area contributed by atoms with Gasteiger partial charge >= 0.3 is 0 Å². The van der Waals surface area contributed by atoms with Crippen molar-refractivity contribution in [1.82, 2.24) is 5.32 Å². The third kappa shape index (κ3) is 5.28. The number of carbonyl (C=O) groups excluding carboxylic acids is 1. The number of unbranched alkanes of at least 4 members (excludes halogenated alkanes) is 1. The van der Waals surface area contributed by atoms with Crippen LogP contribution in [0.25, 0.3) is 0 Å². The number of rotatable bonds is 6. The Morgan fingerprint density at radius 1 is 1.25 bits per heavy atom. The number of carbonyl (C=O) groups is 1. The third-order valence-corrected chi connectivity index (χ3v) is 2.71. The molecule has 0 saturated carbocycles. The molecule has 0 heterocycles. The summed E-state index contributed by atoms with van der Waals surface area (Å²) < 4.78 is 1.01. The first-order valence-electron chi connectivity index (χ1n) is 5.34. The Morgan fingerprint density at radius 3 is 2.56 bits per heavy atom. The lowest BCUT2D eigenvalue weighted by atomic mass is 10.1. The van der Waals surface area contributed by atoms with Gasteiger partial charge in [0.2, 0.25) is 5.91 Å². The van der Waals surface area contributed by atoms with Gasteiger partial charge in [-0.15, -0.1) is 0 Å². The summed E-state index contributed by atoms with van der Waals surface area (Å²) in [6.07, 6.45) is 1.97. The molecule has 3 nitrogen and oxygen atoms in total. The Hall–Kier alpha value is -0.870. The van der Waals surface area contributed by atoms with Crippen molar-refractivity contribution >= 4 is 21.8 Å². The number of hydrogen-bond acceptors (Lipinski definition) is 2. The van der Waals surface area contributed by atoms with Crippen molar-refractivity contribution < 1.29 is 9.90 Å². The summed E-state index contributed by atoms with van der Waals surface area (Å²) in [5, 5.41) is 11.4. The molecule has 0 unspecified atom stereocenters. The van der Waals surface area contributed by atoms with Crippen molar-refractivity contribution in [3.05, 3.63) is 34.3 Å². The molecule has 0 aliphatic carbocycles. The second kappa shape index (κ2) is 7.41. The van der Waals surface area contributed by atoms with E-state index in [4.69, 9.17) is 5.11 Å². The van der Waals surface area contributed by atoms with Crippen LogP contribution in [-0.4, -0.2) is 24.2 Å². The van der Waals surface area contributed by atoms with Crippen molar-refractivity contribution in [1.29, 1.82) is 0 Å². The predicted molar refractivity (Wildman–Crippen MR) is 67.2 cm³/mol. The zero-order valence-corrected chi connectivity index (χ0v) is 10.7. The topological polar surface area (TPSA) is 49.3 Å². The van der Waals surface area contributed by atoms with Gasteiger partial charge in [0, 0.05) is 17.6 Å². The van der Waals surface area contributed by atoms with E-state index in [1.807, 2.05) is 24.3 Å².